The third-order valence-electron chi connectivity index (χ3n) is 6.04. The average Bonchev–Trinajstić information content (AvgIpc) is 3.15. The molecule has 1 aliphatic heterocycles. The van der Waals surface area contributed by atoms with Crippen LogP contribution in [0, 0.1) is 5.92 Å². The first-order chi connectivity index (χ1) is 18.2. The summed E-state index contributed by atoms with van der Waals surface area (Å²) < 4.78 is 10.3. The van der Waals surface area contributed by atoms with E-state index in [-0.39, 0.29) is 37.3 Å². The first kappa shape index (κ1) is 28.4. The van der Waals surface area contributed by atoms with Crippen molar-refractivity contribution in [2.45, 2.75) is 52.3 Å². The molecule has 0 radical (unpaired) electrons. The number of hydrogen-bond acceptors (Lipinski definition) is 7. The van der Waals surface area contributed by atoms with E-state index in [4.69, 9.17) is 9.47 Å². The SMILES string of the molecule is CCOC(=O)[C@H](CCCNC(=O)OCc1ccccc1)NC(=O)[C@H](C(C)C)N1C(=O)c2ccccc2C1=O. The van der Waals surface area contributed by atoms with E-state index in [1.165, 1.54) is 0 Å². The van der Waals surface area contributed by atoms with Crippen LogP contribution in [0.4, 0.5) is 4.79 Å². The summed E-state index contributed by atoms with van der Waals surface area (Å²) >= 11 is 0. The van der Waals surface area contributed by atoms with Crippen molar-refractivity contribution >= 4 is 29.8 Å². The van der Waals surface area contributed by atoms with Crippen LogP contribution in [0.1, 0.15) is 59.9 Å². The normalized spacial score (nSPS) is 14.1. The predicted molar refractivity (Wildman–Crippen MR) is 138 cm³/mol. The Kier molecular flexibility index (Phi) is 9.98. The highest BCUT2D eigenvalue weighted by Gasteiger charge is 2.44. The molecule has 2 N–H and O–H groups in total. The maximum Gasteiger partial charge on any atom is 0.407 e. The largest absolute Gasteiger partial charge is 0.464 e. The van der Waals surface area contributed by atoms with Crippen LogP contribution in [0.25, 0.3) is 0 Å². The standard InChI is InChI=1S/C28H33N3O7/c1-4-37-27(35)22(15-10-16-29-28(36)38-17-19-11-6-5-7-12-19)30-24(32)23(18(2)3)31-25(33)20-13-8-9-14-21(20)26(31)34/h5-9,11-14,18,22-23H,4,10,15-17H2,1-3H3,(H,29,36)(H,30,32)/t22-,23-/m0/s1. The molecule has 0 saturated heterocycles. The molecule has 0 unspecified atom stereocenters. The van der Waals surface area contributed by atoms with Crippen LogP contribution in [-0.2, 0) is 25.7 Å². The molecule has 38 heavy (non-hydrogen) atoms. The second-order valence-corrected chi connectivity index (χ2v) is 9.16. The number of carbonyl (C=O) groups is 5. The molecule has 1 heterocycles. The highest BCUT2D eigenvalue weighted by molar-refractivity contribution is 6.22. The second-order valence-electron chi connectivity index (χ2n) is 9.16. The summed E-state index contributed by atoms with van der Waals surface area (Å²) in [5.74, 6) is -2.79. The Labute approximate surface area is 221 Å². The zero-order valence-corrected chi connectivity index (χ0v) is 21.8. The molecule has 10 heteroatoms. The van der Waals surface area contributed by atoms with E-state index in [2.05, 4.69) is 10.6 Å². The molecule has 0 aliphatic carbocycles. The van der Waals surface area contributed by atoms with E-state index in [0.29, 0.717) is 6.42 Å². The number of nitrogens with one attached hydrogen (secondary N) is 2. The molecule has 0 spiro atoms. The van der Waals surface area contributed by atoms with Gasteiger partial charge in [0.05, 0.1) is 17.7 Å². The van der Waals surface area contributed by atoms with Gasteiger partial charge in [0.1, 0.15) is 18.7 Å². The lowest BCUT2D eigenvalue weighted by molar-refractivity contribution is -0.148. The smallest absolute Gasteiger partial charge is 0.407 e. The van der Waals surface area contributed by atoms with Crippen LogP contribution >= 0.6 is 0 Å². The van der Waals surface area contributed by atoms with Gasteiger partial charge in [-0.25, -0.2) is 9.59 Å². The van der Waals surface area contributed by atoms with E-state index >= 15 is 0 Å². The molecule has 0 aromatic heterocycles. The van der Waals surface area contributed by atoms with Gasteiger partial charge < -0.3 is 20.1 Å². The Balaban J connectivity index is 1.59. The fourth-order valence-corrected chi connectivity index (χ4v) is 4.20. The number of ether oxygens (including phenoxy) is 2. The minimum absolute atomic E-state index is 0.112. The van der Waals surface area contributed by atoms with E-state index in [1.54, 1.807) is 45.0 Å². The number of imide groups is 1. The molecule has 202 valence electrons. The predicted octanol–water partition coefficient (Wildman–Crippen LogP) is 3.06. The molecular weight excluding hydrogens is 490 g/mol. The van der Waals surface area contributed by atoms with Crippen molar-refractivity contribution in [2.24, 2.45) is 5.92 Å². The fraction of sp³-hybridized carbons (Fsp3) is 0.393. The fourth-order valence-electron chi connectivity index (χ4n) is 4.20. The molecular formula is C28H33N3O7. The number of esters is 1. The Morgan fingerprint density at radius 1 is 0.895 bits per heavy atom. The average molecular weight is 524 g/mol. The Hall–Kier alpha value is -4.21. The van der Waals surface area contributed by atoms with Gasteiger partial charge in [0.2, 0.25) is 5.91 Å². The minimum atomic E-state index is -1.12. The van der Waals surface area contributed by atoms with Gasteiger partial charge in [0.25, 0.3) is 11.8 Å². The molecule has 0 fully saturated rings. The first-order valence-electron chi connectivity index (χ1n) is 12.6. The lowest BCUT2D eigenvalue weighted by Crippen LogP contribution is -2.55. The van der Waals surface area contributed by atoms with E-state index in [9.17, 15) is 24.0 Å². The lowest BCUT2D eigenvalue weighted by Gasteiger charge is -2.30. The Bertz CT molecular complexity index is 1130. The summed E-state index contributed by atoms with van der Waals surface area (Å²) in [6, 6.07) is 13.5. The summed E-state index contributed by atoms with van der Waals surface area (Å²) in [4.78, 5) is 64.8. The van der Waals surface area contributed by atoms with Gasteiger partial charge in [-0.15, -0.1) is 0 Å². The van der Waals surface area contributed by atoms with E-state index < -0.39 is 47.8 Å². The third-order valence-corrected chi connectivity index (χ3v) is 6.04. The number of benzene rings is 2. The molecule has 2 atom stereocenters. The van der Waals surface area contributed by atoms with Gasteiger partial charge in [-0.2, -0.15) is 0 Å². The van der Waals surface area contributed by atoms with Crippen LogP contribution in [0.2, 0.25) is 0 Å². The number of alkyl carbamates (subject to hydrolysis) is 1. The van der Waals surface area contributed by atoms with Crippen molar-refractivity contribution in [3.05, 3.63) is 71.3 Å². The zero-order chi connectivity index (χ0) is 27.7. The summed E-state index contributed by atoms with van der Waals surface area (Å²) in [5, 5.41) is 5.28. The second kappa shape index (κ2) is 13.4. The van der Waals surface area contributed by atoms with Crippen LogP contribution in [0.3, 0.4) is 0 Å². The van der Waals surface area contributed by atoms with Crippen LogP contribution in [0.15, 0.2) is 54.6 Å². The number of fused-ring (bicyclic) bond motifs is 1. The number of rotatable bonds is 12. The van der Waals surface area contributed by atoms with Crippen LogP contribution in [0.5, 0.6) is 0 Å². The van der Waals surface area contributed by atoms with Gasteiger partial charge in [-0.3, -0.25) is 19.3 Å². The van der Waals surface area contributed by atoms with Gasteiger partial charge in [0.15, 0.2) is 0 Å². The van der Waals surface area contributed by atoms with Gasteiger partial charge in [-0.05, 0) is 43.4 Å². The van der Waals surface area contributed by atoms with Crippen molar-refractivity contribution in [1.29, 1.82) is 0 Å². The van der Waals surface area contributed by atoms with E-state index in [1.807, 2.05) is 30.3 Å². The molecule has 0 bridgehead atoms. The van der Waals surface area contributed by atoms with Gasteiger partial charge >= 0.3 is 12.1 Å². The highest BCUT2D eigenvalue weighted by Crippen LogP contribution is 2.27. The summed E-state index contributed by atoms with van der Waals surface area (Å²) in [6.07, 6.45) is -0.101. The maximum absolute atomic E-state index is 13.3. The van der Waals surface area contributed by atoms with Crippen molar-refractivity contribution in [2.75, 3.05) is 13.2 Å². The molecule has 0 saturated carbocycles. The van der Waals surface area contributed by atoms with Crippen LogP contribution in [-0.4, -0.2) is 59.9 Å². The highest BCUT2D eigenvalue weighted by atomic mass is 16.5. The van der Waals surface area contributed by atoms with Gasteiger partial charge in [0, 0.05) is 6.54 Å². The zero-order valence-electron chi connectivity index (χ0n) is 21.8. The number of hydrogen-bond donors (Lipinski definition) is 2. The van der Waals surface area contributed by atoms with E-state index in [0.717, 1.165) is 10.5 Å². The summed E-state index contributed by atoms with van der Waals surface area (Å²) in [5.41, 5.74) is 1.33. The van der Waals surface area contributed by atoms with Crippen LogP contribution < -0.4 is 10.6 Å². The monoisotopic (exact) mass is 523 g/mol. The molecule has 1 aliphatic rings. The summed E-state index contributed by atoms with van der Waals surface area (Å²) in [7, 11) is 0. The molecule has 4 amide bonds. The number of nitrogens with zero attached hydrogens (tertiary/aromatic N) is 1. The minimum Gasteiger partial charge on any atom is -0.464 e. The number of carbonyl (C=O) groups excluding carboxylic acids is 5. The quantitative estimate of drug-likeness (QED) is 0.248. The maximum atomic E-state index is 13.3. The van der Waals surface area contributed by atoms with Gasteiger partial charge in [-0.1, -0.05) is 56.3 Å². The third kappa shape index (κ3) is 6.96. The van der Waals surface area contributed by atoms with Crippen molar-refractivity contribution < 1.29 is 33.4 Å². The topological polar surface area (TPSA) is 131 Å². The molecule has 2 aromatic rings. The van der Waals surface area contributed by atoms with Crippen molar-refractivity contribution in [3.63, 3.8) is 0 Å². The number of amides is 4. The Morgan fingerprint density at radius 3 is 2.08 bits per heavy atom. The first-order valence-corrected chi connectivity index (χ1v) is 12.6. The molecule has 3 rings (SSSR count). The molecule has 2 aromatic carbocycles. The summed E-state index contributed by atoms with van der Waals surface area (Å²) in [6.45, 7) is 5.53. The van der Waals surface area contributed by atoms with Crippen molar-refractivity contribution in [1.82, 2.24) is 15.5 Å². The molecule has 10 nitrogen and oxygen atoms in total. The Morgan fingerprint density at radius 2 is 1.50 bits per heavy atom. The lowest BCUT2D eigenvalue weighted by atomic mass is 10.0. The van der Waals surface area contributed by atoms with Crippen molar-refractivity contribution in [3.8, 4) is 0 Å².